The normalized spacial score (nSPS) is 16.2. The van der Waals surface area contributed by atoms with Crippen LogP contribution in [-0.2, 0) is 4.74 Å². The van der Waals surface area contributed by atoms with Gasteiger partial charge in [0.2, 0.25) is 0 Å². The molecule has 7 heteroatoms. The van der Waals surface area contributed by atoms with Crippen LogP contribution < -0.4 is 15.4 Å². The third-order valence-corrected chi connectivity index (χ3v) is 3.51. The van der Waals surface area contributed by atoms with Gasteiger partial charge in [-0.1, -0.05) is 6.07 Å². The van der Waals surface area contributed by atoms with E-state index in [0.29, 0.717) is 18.9 Å². The molecule has 1 fully saturated rings. The molecule has 1 aliphatic heterocycles. The fourth-order valence-electron chi connectivity index (χ4n) is 2.27. The van der Waals surface area contributed by atoms with Gasteiger partial charge in [-0.05, 0) is 12.1 Å². The molecule has 1 heterocycles. The smallest absolute Gasteiger partial charge is 0.191 e. The monoisotopic (exact) mass is 324 g/mol. The summed E-state index contributed by atoms with van der Waals surface area (Å²) < 4.78 is 23.8. The van der Waals surface area contributed by atoms with Crippen molar-refractivity contribution < 1.29 is 13.9 Å². The first kappa shape index (κ1) is 17.5. The molecule has 23 heavy (non-hydrogen) atoms. The molecule has 0 saturated carbocycles. The highest BCUT2D eigenvalue weighted by molar-refractivity contribution is 5.79. The van der Waals surface area contributed by atoms with Crippen LogP contribution in [0, 0.1) is 5.82 Å². The number of hydrogen-bond acceptors (Lipinski definition) is 4. The molecule has 0 atom stereocenters. The molecule has 0 unspecified atom stereocenters. The second-order valence-electron chi connectivity index (χ2n) is 5.19. The molecule has 1 saturated heterocycles. The number of nitrogens with one attached hydrogen (secondary N) is 2. The number of ether oxygens (including phenoxy) is 2. The quantitative estimate of drug-likeness (QED) is 0.439. The zero-order chi connectivity index (χ0) is 16.3. The number of halogens is 1. The molecule has 1 aromatic rings. The van der Waals surface area contributed by atoms with Crippen molar-refractivity contribution in [1.29, 1.82) is 0 Å². The average Bonchev–Trinajstić information content (AvgIpc) is 2.58. The van der Waals surface area contributed by atoms with E-state index in [1.165, 1.54) is 12.1 Å². The molecule has 128 valence electrons. The molecule has 0 bridgehead atoms. The number of nitrogens with zero attached hydrogens (tertiary/aromatic N) is 2. The Labute approximate surface area is 136 Å². The molecular weight excluding hydrogens is 299 g/mol. The summed E-state index contributed by atoms with van der Waals surface area (Å²) >= 11 is 0. The molecule has 1 aromatic carbocycles. The van der Waals surface area contributed by atoms with Gasteiger partial charge in [-0.15, -0.1) is 0 Å². The van der Waals surface area contributed by atoms with Gasteiger partial charge in [0, 0.05) is 39.3 Å². The topological polar surface area (TPSA) is 58.1 Å². The minimum atomic E-state index is -0.295. The summed E-state index contributed by atoms with van der Waals surface area (Å²) in [5.74, 6) is 0.971. The van der Waals surface area contributed by atoms with Crippen molar-refractivity contribution in [2.24, 2.45) is 4.99 Å². The van der Waals surface area contributed by atoms with E-state index < -0.39 is 0 Å². The van der Waals surface area contributed by atoms with Crippen LogP contribution in [0.4, 0.5) is 4.39 Å². The van der Waals surface area contributed by atoms with E-state index in [-0.39, 0.29) is 5.82 Å². The van der Waals surface area contributed by atoms with Crippen LogP contribution in [0.5, 0.6) is 5.75 Å². The molecule has 1 aliphatic rings. The highest BCUT2D eigenvalue weighted by Gasteiger charge is 2.09. The van der Waals surface area contributed by atoms with Crippen molar-refractivity contribution in [3.8, 4) is 5.75 Å². The predicted octanol–water partition coefficient (Wildman–Crippen LogP) is 0.702. The van der Waals surface area contributed by atoms with Gasteiger partial charge in [-0.2, -0.15) is 0 Å². The average molecular weight is 324 g/mol. The highest BCUT2D eigenvalue weighted by atomic mass is 19.1. The lowest BCUT2D eigenvalue weighted by atomic mass is 10.3. The standard InChI is InChI=1S/C16H25FN4O2/c1-18-16(19-5-7-21-8-11-22-12-9-21)20-6-10-23-15-4-2-3-14(17)13-15/h2-4,13H,5-12H2,1H3,(H2,18,19,20). The molecule has 2 rings (SSSR count). The van der Waals surface area contributed by atoms with Crippen molar-refractivity contribution in [1.82, 2.24) is 15.5 Å². The second-order valence-corrected chi connectivity index (χ2v) is 5.19. The largest absolute Gasteiger partial charge is 0.492 e. The Morgan fingerprint density at radius 3 is 2.83 bits per heavy atom. The van der Waals surface area contributed by atoms with Crippen LogP contribution in [0.25, 0.3) is 0 Å². The lowest BCUT2D eigenvalue weighted by Crippen LogP contribution is -2.45. The molecule has 0 aliphatic carbocycles. The van der Waals surface area contributed by atoms with Crippen molar-refractivity contribution in [3.05, 3.63) is 30.1 Å². The van der Waals surface area contributed by atoms with Crippen molar-refractivity contribution in [2.75, 3.05) is 59.6 Å². The predicted molar refractivity (Wildman–Crippen MR) is 88.5 cm³/mol. The van der Waals surface area contributed by atoms with Gasteiger partial charge in [0.15, 0.2) is 5.96 Å². The summed E-state index contributed by atoms with van der Waals surface area (Å²) in [6, 6.07) is 6.13. The summed E-state index contributed by atoms with van der Waals surface area (Å²) in [5.41, 5.74) is 0. The third-order valence-electron chi connectivity index (χ3n) is 3.51. The molecule has 2 N–H and O–H groups in total. The number of morpholine rings is 1. The van der Waals surface area contributed by atoms with Gasteiger partial charge in [0.1, 0.15) is 18.2 Å². The number of hydrogen-bond donors (Lipinski definition) is 2. The first-order valence-electron chi connectivity index (χ1n) is 7.91. The Bertz CT molecular complexity index is 493. The van der Waals surface area contributed by atoms with Crippen LogP contribution >= 0.6 is 0 Å². The first-order chi connectivity index (χ1) is 11.3. The van der Waals surface area contributed by atoms with Gasteiger partial charge in [-0.3, -0.25) is 9.89 Å². The maximum atomic E-state index is 13.0. The van der Waals surface area contributed by atoms with Crippen molar-refractivity contribution in [2.45, 2.75) is 0 Å². The highest BCUT2D eigenvalue weighted by Crippen LogP contribution is 2.11. The Morgan fingerprint density at radius 1 is 1.30 bits per heavy atom. The summed E-state index contributed by atoms with van der Waals surface area (Å²) in [7, 11) is 1.73. The van der Waals surface area contributed by atoms with Crippen LogP contribution in [0.1, 0.15) is 0 Å². The van der Waals surface area contributed by atoms with Crippen LogP contribution in [-0.4, -0.2) is 70.5 Å². The van der Waals surface area contributed by atoms with E-state index in [1.807, 2.05) is 0 Å². The van der Waals surface area contributed by atoms with E-state index in [4.69, 9.17) is 9.47 Å². The number of rotatable bonds is 7. The summed E-state index contributed by atoms with van der Waals surface area (Å²) in [5, 5.41) is 6.43. The van der Waals surface area contributed by atoms with Gasteiger partial charge in [0.05, 0.1) is 19.8 Å². The van der Waals surface area contributed by atoms with E-state index in [0.717, 1.165) is 45.4 Å². The lowest BCUT2D eigenvalue weighted by molar-refractivity contribution is 0.0389. The Morgan fingerprint density at radius 2 is 2.09 bits per heavy atom. The van der Waals surface area contributed by atoms with E-state index >= 15 is 0 Å². The number of aliphatic imine (C=N–C) groups is 1. The minimum Gasteiger partial charge on any atom is -0.492 e. The Balaban J connectivity index is 1.57. The maximum absolute atomic E-state index is 13.0. The van der Waals surface area contributed by atoms with Gasteiger partial charge in [-0.25, -0.2) is 4.39 Å². The first-order valence-corrected chi connectivity index (χ1v) is 7.91. The van der Waals surface area contributed by atoms with E-state index in [1.54, 1.807) is 19.2 Å². The van der Waals surface area contributed by atoms with E-state index in [9.17, 15) is 4.39 Å². The Hall–Kier alpha value is -1.86. The van der Waals surface area contributed by atoms with Crippen molar-refractivity contribution >= 4 is 5.96 Å². The van der Waals surface area contributed by atoms with Crippen LogP contribution in [0.2, 0.25) is 0 Å². The molecule has 0 spiro atoms. The Kier molecular flexibility index (Phi) is 7.62. The third kappa shape index (κ3) is 6.83. The zero-order valence-electron chi connectivity index (χ0n) is 13.6. The minimum absolute atomic E-state index is 0.295. The van der Waals surface area contributed by atoms with Gasteiger partial charge in [0.25, 0.3) is 0 Å². The molecule has 6 nitrogen and oxygen atoms in total. The zero-order valence-corrected chi connectivity index (χ0v) is 13.6. The van der Waals surface area contributed by atoms with Crippen molar-refractivity contribution in [3.63, 3.8) is 0 Å². The summed E-state index contributed by atoms with van der Waals surface area (Å²) in [6.45, 7) is 6.40. The van der Waals surface area contributed by atoms with E-state index in [2.05, 4.69) is 20.5 Å². The number of guanidine groups is 1. The molecule has 0 aromatic heterocycles. The molecule has 0 amide bonds. The lowest BCUT2D eigenvalue weighted by Gasteiger charge is -2.26. The summed E-state index contributed by atoms with van der Waals surface area (Å²) in [6.07, 6.45) is 0. The van der Waals surface area contributed by atoms with Crippen LogP contribution in [0.15, 0.2) is 29.3 Å². The van der Waals surface area contributed by atoms with Crippen LogP contribution in [0.3, 0.4) is 0 Å². The fraction of sp³-hybridized carbons (Fsp3) is 0.562. The second kappa shape index (κ2) is 10.0. The molecule has 0 radical (unpaired) electrons. The number of benzene rings is 1. The SMILES string of the molecule is CN=C(NCCOc1cccc(F)c1)NCCN1CCOCC1. The summed E-state index contributed by atoms with van der Waals surface area (Å²) in [4.78, 5) is 6.52. The molecular formula is C16H25FN4O2. The fourth-order valence-corrected chi connectivity index (χ4v) is 2.27. The van der Waals surface area contributed by atoms with Gasteiger partial charge >= 0.3 is 0 Å². The van der Waals surface area contributed by atoms with Gasteiger partial charge < -0.3 is 20.1 Å². The maximum Gasteiger partial charge on any atom is 0.191 e.